The Morgan fingerprint density at radius 3 is 2.27 bits per heavy atom. The van der Waals surface area contributed by atoms with Crippen LogP contribution in [0, 0.1) is 0 Å². The first-order chi connectivity index (χ1) is 6.75. The highest BCUT2D eigenvalue weighted by atomic mass is 19.4. The van der Waals surface area contributed by atoms with E-state index in [1.807, 2.05) is 0 Å². The van der Waals surface area contributed by atoms with Crippen molar-refractivity contribution in [1.29, 1.82) is 0 Å². The van der Waals surface area contributed by atoms with Crippen molar-refractivity contribution < 1.29 is 28.2 Å². The van der Waals surface area contributed by atoms with Crippen LogP contribution in [0.15, 0.2) is 12.1 Å². The second-order valence-electron chi connectivity index (χ2n) is 2.73. The molecule has 1 aromatic rings. The second-order valence-corrected chi connectivity index (χ2v) is 2.73. The van der Waals surface area contributed by atoms with Gasteiger partial charge in [0, 0.05) is 5.69 Å². The number of nitrogen functional groups attached to an aromatic ring is 1. The van der Waals surface area contributed by atoms with E-state index in [0.717, 1.165) is 12.1 Å². The first-order valence-electron chi connectivity index (χ1n) is 3.67. The number of phenols is 1. The van der Waals surface area contributed by atoms with Crippen molar-refractivity contribution in [2.45, 2.75) is 6.18 Å². The summed E-state index contributed by atoms with van der Waals surface area (Å²) in [5, 5.41) is 17.6. The normalized spacial score (nSPS) is 11.4. The van der Waals surface area contributed by atoms with Gasteiger partial charge in [-0.1, -0.05) is 0 Å². The van der Waals surface area contributed by atoms with Crippen LogP contribution in [0.25, 0.3) is 0 Å². The Morgan fingerprint density at radius 2 is 1.87 bits per heavy atom. The Morgan fingerprint density at radius 1 is 1.33 bits per heavy atom. The number of nitrogens with two attached hydrogens (primary N) is 1. The third kappa shape index (κ3) is 1.95. The number of aromatic carboxylic acids is 1. The Hall–Kier alpha value is -1.92. The minimum absolute atomic E-state index is 0.718. The highest BCUT2D eigenvalue weighted by molar-refractivity contribution is 5.92. The number of hydrogen-bond donors (Lipinski definition) is 3. The molecule has 0 spiro atoms. The molecule has 0 heterocycles. The number of alkyl halides is 3. The van der Waals surface area contributed by atoms with Crippen molar-refractivity contribution in [3.05, 3.63) is 23.3 Å². The summed E-state index contributed by atoms with van der Waals surface area (Å²) in [6.07, 6.45) is -4.89. The number of hydrogen-bond acceptors (Lipinski definition) is 3. The van der Waals surface area contributed by atoms with Crippen molar-refractivity contribution in [2.24, 2.45) is 0 Å². The number of aromatic hydroxyl groups is 1. The molecule has 0 fully saturated rings. The number of rotatable bonds is 1. The van der Waals surface area contributed by atoms with Crippen LogP contribution in [-0.4, -0.2) is 16.2 Å². The number of anilines is 1. The van der Waals surface area contributed by atoms with E-state index in [2.05, 4.69) is 0 Å². The summed E-state index contributed by atoms with van der Waals surface area (Å²) < 4.78 is 37.0. The van der Waals surface area contributed by atoms with Crippen molar-refractivity contribution in [2.75, 3.05) is 5.73 Å². The van der Waals surface area contributed by atoms with E-state index in [1.54, 1.807) is 0 Å². The molecule has 0 saturated carbocycles. The predicted molar refractivity (Wildman–Crippen MR) is 44.5 cm³/mol. The fraction of sp³-hybridized carbons (Fsp3) is 0.125. The summed E-state index contributed by atoms with van der Waals surface area (Å²) in [6, 6.07) is 1.59. The van der Waals surface area contributed by atoms with Crippen LogP contribution in [0.5, 0.6) is 5.75 Å². The van der Waals surface area contributed by atoms with Crippen LogP contribution in [-0.2, 0) is 6.18 Å². The van der Waals surface area contributed by atoms with Gasteiger partial charge >= 0.3 is 12.1 Å². The lowest BCUT2D eigenvalue weighted by atomic mass is 10.1. The van der Waals surface area contributed by atoms with Gasteiger partial charge in [0.15, 0.2) is 0 Å². The van der Waals surface area contributed by atoms with Crippen molar-refractivity contribution >= 4 is 11.7 Å². The first kappa shape index (κ1) is 11.2. The zero-order valence-electron chi connectivity index (χ0n) is 7.17. The quantitative estimate of drug-likeness (QED) is 0.630. The van der Waals surface area contributed by atoms with Gasteiger partial charge in [0.25, 0.3) is 0 Å². The molecule has 0 aliphatic rings. The average Bonchev–Trinajstić information content (AvgIpc) is 2.00. The number of benzene rings is 1. The highest BCUT2D eigenvalue weighted by Gasteiger charge is 2.38. The molecular weight excluding hydrogens is 215 g/mol. The molecule has 0 bridgehead atoms. The highest BCUT2D eigenvalue weighted by Crippen LogP contribution is 2.41. The third-order valence-corrected chi connectivity index (χ3v) is 1.72. The topological polar surface area (TPSA) is 83.6 Å². The maximum absolute atomic E-state index is 12.3. The van der Waals surface area contributed by atoms with Gasteiger partial charge in [0.2, 0.25) is 0 Å². The zero-order chi connectivity index (χ0) is 11.8. The van der Waals surface area contributed by atoms with E-state index < -0.39 is 34.7 Å². The molecule has 1 aromatic carbocycles. The largest absolute Gasteiger partial charge is 0.506 e. The number of carboxylic acid groups (broad SMARTS) is 1. The Bertz CT molecular complexity index is 414. The molecule has 1 rings (SSSR count). The van der Waals surface area contributed by atoms with Crippen LogP contribution >= 0.6 is 0 Å². The lowest BCUT2D eigenvalue weighted by molar-refractivity contribution is -0.138. The van der Waals surface area contributed by atoms with E-state index in [-0.39, 0.29) is 0 Å². The molecule has 0 saturated heterocycles. The number of carbonyl (C=O) groups is 1. The average molecular weight is 221 g/mol. The molecule has 7 heteroatoms. The molecule has 0 aliphatic carbocycles. The van der Waals surface area contributed by atoms with Gasteiger partial charge in [-0.2, -0.15) is 13.2 Å². The standard InChI is InChI=1S/C8H6F3NO3/c9-8(10,11)5-4(12)2-1-3(6(5)13)7(14)15/h1-2,13H,12H2,(H,14,15). The molecule has 0 amide bonds. The van der Waals surface area contributed by atoms with Crippen molar-refractivity contribution in [1.82, 2.24) is 0 Å². The zero-order valence-corrected chi connectivity index (χ0v) is 7.17. The van der Waals surface area contributed by atoms with E-state index in [0.29, 0.717) is 0 Å². The molecule has 4 nitrogen and oxygen atoms in total. The third-order valence-electron chi connectivity index (χ3n) is 1.72. The lowest BCUT2D eigenvalue weighted by Gasteiger charge is -2.12. The summed E-state index contributed by atoms with van der Waals surface area (Å²) in [4.78, 5) is 10.4. The Kier molecular flexibility index (Phi) is 2.48. The molecule has 0 unspecified atom stereocenters. The molecule has 0 aromatic heterocycles. The fourth-order valence-corrected chi connectivity index (χ4v) is 1.08. The summed E-state index contributed by atoms with van der Waals surface area (Å²) >= 11 is 0. The molecule has 0 radical (unpaired) electrons. The van der Waals surface area contributed by atoms with Crippen LogP contribution in [0.1, 0.15) is 15.9 Å². The molecule has 15 heavy (non-hydrogen) atoms. The van der Waals surface area contributed by atoms with E-state index in [9.17, 15) is 18.0 Å². The molecule has 82 valence electrons. The van der Waals surface area contributed by atoms with Crippen molar-refractivity contribution in [3.63, 3.8) is 0 Å². The minimum Gasteiger partial charge on any atom is -0.506 e. The fourth-order valence-electron chi connectivity index (χ4n) is 1.08. The van der Waals surface area contributed by atoms with Gasteiger partial charge in [-0.05, 0) is 12.1 Å². The van der Waals surface area contributed by atoms with Gasteiger partial charge in [-0.3, -0.25) is 0 Å². The maximum atomic E-state index is 12.3. The van der Waals surface area contributed by atoms with Crippen molar-refractivity contribution in [3.8, 4) is 5.75 Å². The lowest BCUT2D eigenvalue weighted by Crippen LogP contribution is -2.11. The van der Waals surface area contributed by atoms with E-state index >= 15 is 0 Å². The SMILES string of the molecule is Nc1ccc(C(=O)O)c(O)c1C(F)(F)F. The predicted octanol–water partition coefficient (Wildman–Crippen LogP) is 1.69. The van der Waals surface area contributed by atoms with Crippen LogP contribution in [0.3, 0.4) is 0 Å². The number of carboxylic acids is 1. The van der Waals surface area contributed by atoms with E-state index in [4.69, 9.17) is 15.9 Å². The molecular formula is C8H6F3NO3. The van der Waals surface area contributed by atoms with E-state index in [1.165, 1.54) is 0 Å². The summed E-state index contributed by atoms with van der Waals surface area (Å²) in [6.45, 7) is 0. The van der Waals surface area contributed by atoms with Gasteiger partial charge < -0.3 is 15.9 Å². The monoisotopic (exact) mass is 221 g/mol. The summed E-state index contributed by atoms with van der Waals surface area (Å²) in [5.41, 5.74) is 1.92. The van der Waals surface area contributed by atoms with Gasteiger partial charge in [0.05, 0.1) is 0 Å². The maximum Gasteiger partial charge on any atom is 0.421 e. The van der Waals surface area contributed by atoms with Crippen LogP contribution < -0.4 is 5.73 Å². The summed E-state index contributed by atoms with van der Waals surface area (Å²) in [5.74, 6) is -3.02. The Balaban J connectivity index is 3.51. The molecule has 0 aliphatic heterocycles. The van der Waals surface area contributed by atoms with Gasteiger partial charge in [-0.25, -0.2) is 4.79 Å². The minimum atomic E-state index is -4.89. The first-order valence-corrected chi connectivity index (χ1v) is 3.67. The second kappa shape index (κ2) is 3.34. The van der Waals surface area contributed by atoms with Crippen LogP contribution in [0.4, 0.5) is 18.9 Å². The van der Waals surface area contributed by atoms with Gasteiger partial charge in [-0.15, -0.1) is 0 Å². The van der Waals surface area contributed by atoms with Crippen LogP contribution in [0.2, 0.25) is 0 Å². The Labute approximate surface area is 81.7 Å². The summed E-state index contributed by atoms with van der Waals surface area (Å²) in [7, 11) is 0. The molecule has 0 atom stereocenters. The van der Waals surface area contributed by atoms with Gasteiger partial charge in [0.1, 0.15) is 16.9 Å². The number of halogens is 3. The molecule has 4 N–H and O–H groups in total. The smallest absolute Gasteiger partial charge is 0.421 e.